The van der Waals surface area contributed by atoms with Crippen LogP contribution in [0.15, 0.2) is 55.7 Å². The second-order valence-electron chi connectivity index (χ2n) is 6.27. The largest absolute Gasteiger partial charge is 0.490 e. The average molecular weight is 473 g/mol. The molecule has 1 heterocycles. The molecule has 0 aliphatic carbocycles. The highest BCUT2D eigenvalue weighted by atomic mass is 79.9. The van der Waals surface area contributed by atoms with Gasteiger partial charge in [0.05, 0.1) is 17.3 Å². The predicted octanol–water partition coefficient (Wildman–Crippen LogP) is 3.44. The van der Waals surface area contributed by atoms with Crippen LogP contribution in [0.5, 0.6) is 11.5 Å². The molecule has 0 aliphatic rings. The quantitative estimate of drug-likeness (QED) is 0.291. The summed E-state index contributed by atoms with van der Waals surface area (Å²) < 4.78 is 17.0. The molecule has 0 unspecified atom stereocenters. The summed E-state index contributed by atoms with van der Waals surface area (Å²) in [6, 6.07) is 11.8. The lowest BCUT2D eigenvalue weighted by molar-refractivity contribution is 0.267. The van der Waals surface area contributed by atoms with Crippen LogP contribution >= 0.6 is 15.9 Å². The Morgan fingerprint density at radius 2 is 1.97 bits per heavy atom. The van der Waals surface area contributed by atoms with E-state index in [-0.39, 0.29) is 17.3 Å². The van der Waals surface area contributed by atoms with Crippen molar-refractivity contribution < 1.29 is 14.1 Å². The van der Waals surface area contributed by atoms with Crippen LogP contribution in [0.2, 0.25) is 0 Å². The second-order valence-corrected chi connectivity index (χ2v) is 7.12. The summed E-state index contributed by atoms with van der Waals surface area (Å²) in [5, 5.41) is 14.8. The van der Waals surface area contributed by atoms with Gasteiger partial charge >= 0.3 is 0 Å². The van der Waals surface area contributed by atoms with E-state index < -0.39 is 0 Å². The Morgan fingerprint density at radius 1 is 1.20 bits per heavy atom. The lowest BCUT2D eigenvalue weighted by atomic mass is 10.2. The summed E-state index contributed by atoms with van der Waals surface area (Å²) in [5.74, 6) is 1.23. The minimum Gasteiger partial charge on any atom is -0.490 e. The van der Waals surface area contributed by atoms with Crippen LogP contribution in [0.25, 0.3) is 0 Å². The zero-order chi connectivity index (χ0) is 21.5. The van der Waals surface area contributed by atoms with E-state index in [1.165, 1.54) is 11.8 Å². The molecular formula is C20H21BrN6O3. The first-order chi connectivity index (χ1) is 14.5. The SMILES string of the molecule is CCOc1cc(/C=N/N=C(\N)c2nonc2N)cc(Br)c1OCc1ccc(C)cc1. The van der Waals surface area contributed by atoms with Crippen molar-refractivity contribution in [3.8, 4) is 11.5 Å². The first kappa shape index (κ1) is 21.3. The highest BCUT2D eigenvalue weighted by molar-refractivity contribution is 9.10. The van der Waals surface area contributed by atoms with E-state index in [1.54, 1.807) is 6.07 Å². The van der Waals surface area contributed by atoms with Gasteiger partial charge in [0.1, 0.15) is 6.61 Å². The Hall–Kier alpha value is -3.40. The fourth-order valence-corrected chi connectivity index (χ4v) is 3.06. The maximum atomic E-state index is 6.00. The van der Waals surface area contributed by atoms with Crippen LogP contribution in [0, 0.1) is 6.92 Å². The molecule has 0 amide bonds. The van der Waals surface area contributed by atoms with Crippen molar-refractivity contribution in [1.82, 2.24) is 10.3 Å². The van der Waals surface area contributed by atoms with Crippen LogP contribution in [0.1, 0.15) is 29.3 Å². The number of aryl methyl sites for hydroxylation is 1. The molecule has 0 fully saturated rings. The Bertz CT molecular complexity index is 1060. The van der Waals surface area contributed by atoms with Gasteiger partial charge in [-0.15, -0.1) is 5.10 Å². The first-order valence-corrected chi connectivity index (χ1v) is 9.86. The maximum Gasteiger partial charge on any atom is 0.199 e. The van der Waals surface area contributed by atoms with Crippen molar-refractivity contribution in [2.45, 2.75) is 20.5 Å². The number of benzene rings is 2. The number of anilines is 1. The number of rotatable bonds is 8. The lowest BCUT2D eigenvalue weighted by Crippen LogP contribution is -2.15. The van der Waals surface area contributed by atoms with Gasteiger partial charge in [-0.25, -0.2) is 4.63 Å². The van der Waals surface area contributed by atoms with E-state index in [2.05, 4.69) is 41.1 Å². The number of amidine groups is 1. The number of hydrogen-bond donors (Lipinski definition) is 2. The fourth-order valence-electron chi connectivity index (χ4n) is 2.48. The number of nitrogen functional groups attached to an aromatic ring is 1. The molecule has 4 N–H and O–H groups in total. The van der Waals surface area contributed by atoms with Gasteiger partial charge in [-0.2, -0.15) is 5.10 Å². The van der Waals surface area contributed by atoms with E-state index >= 15 is 0 Å². The Kier molecular flexibility index (Phi) is 7.02. The van der Waals surface area contributed by atoms with E-state index in [0.29, 0.717) is 24.7 Å². The van der Waals surface area contributed by atoms with Crippen LogP contribution in [-0.2, 0) is 6.61 Å². The maximum absolute atomic E-state index is 6.00. The lowest BCUT2D eigenvalue weighted by Gasteiger charge is -2.14. The molecule has 0 radical (unpaired) electrons. The Balaban J connectivity index is 1.78. The molecule has 0 saturated heterocycles. The van der Waals surface area contributed by atoms with E-state index in [0.717, 1.165) is 15.6 Å². The van der Waals surface area contributed by atoms with Gasteiger partial charge in [0.25, 0.3) is 0 Å². The van der Waals surface area contributed by atoms with Crippen LogP contribution < -0.4 is 20.9 Å². The van der Waals surface area contributed by atoms with Crippen LogP contribution in [-0.4, -0.2) is 29.0 Å². The topological polar surface area (TPSA) is 134 Å². The van der Waals surface area contributed by atoms with Crippen molar-refractivity contribution in [1.29, 1.82) is 0 Å². The summed E-state index contributed by atoms with van der Waals surface area (Å²) in [6.45, 7) is 4.85. The molecule has 9 nitrogen and oxygen atoms in total. The third kappa shape index (κ3) is 5.35. The van der Waals surface area contributed by atoms with E-state index in [9.17, 15) is 0 Å². The molecule has 3 aromatic rings. The molecule has 2 aromatic carbocycles. The third-order valence-electron chi connectivity index (χ3n) is 3.96. The molecule has 0 bridgehead atoms. The molecule has 156 valence electrons. The highest BCUT2D eigenvalue weighted by Crippen LogP contribution is 2.37. The number of hydrogen-bond acceptors (Lipinski definition) is 8. The molecule has 0 aliphatic heterocycles. The number of ether oxygens (including phenoxy) is 2. The number of halogens is 1. The molecule has 1 aromatic heterocycles. The minimum absolute atomic E-state index is 0.00727. The van der Waals surface area contributed by atoms with Gasteiger partial charge in [-0.3, -0.25) is 0 Å². The number of nitrogens with zero attached hydrogens (tertiary/aromatic N) is 4. The summed E-state index contributed by atoms with van der Waals surface area (Å²) >= 11 is 3.54. The minimum atomic E-state index is -0.00727. The summed E-state index contributed by atoms with van der Waals surface area (Å²) in [7, 11) is 0. The molecular weight excluding hydrogens is 452 g/mol. The second kappa shape index (κ2) is 9.88. The Labute approximate surface area is 181 Å². The van der Waals surface area contributed by atoms with E-state index in [1.807, 2.05) is 44.2 Å². The molecule has 0 saturated carbocycles. The average Bonchev–Trinajstić information content (AvgIpc) is 3.15. The number of aromatic nitrogens is 2. The van der Waals surface area contributed by atoms with Crippen LogP contribution in [0.4, 0.5) is 5.82 Å². The third-order valence-corrected chi connectivity index (χ3v) is 4.55. The van der Waals surface area contributed by atoms with Crippen molar-refractivity contribution >= 4 is 33.8 Å². The molecule has 0 atom stereocenters. The molecule has 3 rings (SSSR count). The van der Waals surface area contributed by atoms with Crippen molar-refractivity contribution in [3.05, 3.63) is 63.3 Å². The van der Waals surface area contributed by atoms with E-state index in [4.69, 9.17) is 20.9 Å². The van der Waals surface area contributed by atoms with Crippen LogP contribution in [0.3, 0.4) is 0 Å². The standard InChI is InChI=1S/C20H21BrN6O3/c1-3-28-16-9-14(10-24-25-19(22)17-20(23)27-30-26-17)8-15(21)18(16)29-11-13-6-4-12(2)5-7-13/h4-10H,3,11H2,1-2H3,(H2,22,25)(H2,23,27)/b24-10+. The van der Waals surface area contributed by atoms with Gasteiger partial charge in [0.15, 0.2) is 28.8 Å². The van der Waals surface area contributed by atoms with Gasteiger partial charge in [0.2, 0.25) is 0 Å². The number of nitrogens with two attached hydrogens (primary N) is 2. The summed E-state index contributed by atoms with van der Waals surface area (Å²) in [6.07, 6.45) is 1.52. The smallest absolute Gasteiger partial charge is 0.199 e. The molecule has 0 spiro atoms. The van der Waals surface area contributed by atoms with Crippen molar-refractivity contribution in [2.75, 3.05) is 12.3 Å². The zero-order valence-electron chi connectivity index (χ0n) is 16.5. The first-order valence-electron chi connectivity index (χ1n) is 9.07. The molecule has 10 heteroatoms. The predicted molar refractivity (Wildman–Crippen MR) is 118 cm³/mol. The van der Waals surface area contributed by atoms with Gasteiger partial charge in [-0.05, 0) is 63.4 Å². The summed E-state index contributed by atoms with van der Waals surface area (Å²) in [5.41, 5.74) is 14.5. The fraction of sp³-hybridized carbons (Fsp3) is 0.200. The van der Waals surface area contributed by atoms with Crippen molar-refractivity contribution in [2.24, 2.45) is 15.9 Å². The Morgan fingerprint density at radius 3 is 2.63 bits per heavy atom. The highest BCUT2D eigenvalue weighted by Gasteiger charge is 2.13. The van der Waals surface area contributed by atoms with Crippen molar-refractivity contribution in [3.63, 3.8) is 0 Å². The zero-order valence-corrected chi connectivity index (χ0v) is 18.1. The molecule has 30 heavy (non-hydrogen) atoms. The van der Waals surface area contributed by atoms with Gasteiger partial charge < -0.3 is 20.9 Å². The normalized spacial score (nSPS) is 11.8. The monoisotopic (exact) mass is 472 g/mol. The summed E-state index contributed by atoms with van der Waals surface area (Å²) in [4.78, 5) is 0. The van der Waals surface area contributed by atoms with Gasteiger partial charge in [-0.1, -0.05) is 29.8 Å². The van der Waals surface area contributed by atoms with Gasteiger partial charge in [0, 0.05) is 0 Å².